The molecule has 0 aromatic carbocycles. The summed E-state index contributed by atoms with van der Waals surface area (Å²) >= 11 is 4.74. The van der Waals surface area contributed by atoms with Gasteiger partial charge in [-0.05, 0) is 19.1 Å². The third kappa shape index (κ3) is 1.23. The van der Waals surface area contributed by atoms with E-state index >= 15 is 0 Å². The number of carbonyl (C=O) groups excluding carboxylic acids is 2. The van der Waals surface area contributed by atoms with Gasteiger partial charge < -0.3 is 5.32 Å². The van der Waals surface area contributed by atoms with Crippen LogP contribution in [0, 0.1) is 0 Å². The quantitative estimate of drug-likeness (QED) is 0.507. The summed E-state index contributed by atoms with van der Waals surface area (Å²) < 4.78 is 0. The average molecular weight is 172 g/mol. The topological polar surface area (TPSA) is 49.4 Å². The summed E-state index contributed by atoms with van der Waals surface area (Å²) in [5.41, 5.74) is 0. The van der Waals surface area contributed by atoms with E-state index in [1.165, 1.54) is 11.8 Å². The van der Waals surface area contributed by atoms with E-state index < -0.39 is 6.04 Å². The van der Waals surface area contributed by atoms with E-state index in [1.54, 1.807) is 6.92 Å². The molecule has 60 valence electrons. The van der Waals surface area contributed by atoms with Gasteiger partial charge in [-0.25, -0.2) is 0 Å². The van der Waals surface area contributed by atoms with Crippen LogP contribution in [0.2, 0.25) is 0 Å². The Kier molecular flexibility index (Phi) is 1.90. The summed E-state index contributed by atoms with van der Waals surface area (Å²) in [6, 6.07) is -0.458. The Balaban J connectivity index is 2.88. The normalized spacial score (nSPS) is 23.8. The molecular formula is C6H8N2O2S. The van der Waals surface area contributed by atoms with Gasteiger partial charge in [0.25, 0.3) is 0 Å². The van der Waals surface area contributed by atoms with Crippen LogP contribution in [0.1, 0.15) is 13.8 Å². The predicted molar refractivity (Wildman–Crippen MR) is 42.7 cm³/mol. The standard InChI is InChI=1S/C6H8N2O2S/c1-3-5(10)7-6(11)8(3)4(2)9/h3H,1-2H3,(H,7,10,11). The van der Waals surface area contributed by atoms with Crippen molar-refractivity contribution in [2.45, 2.75) is 19.9 Å². The minimum absolute atomic E-state index is 0.204. The van der Waals surface area contributed by atoms with E-state index in [2.05, 4.69) is 5.32 Å². The van der Waals surface area contributed by atoms with Crippen molar-refractivity contribution in [1.29, 1.82) is 0 Å². The van der Waals surface area contributed by atoms with E-state index in [1.807, 2.05) is 0 Å². The van der Waals surface area contributed by atoms with Gasteiger partial charge >= 0.3 is 0 Å². The molecule has 1 aliphatic rings. The molecule has 11 heavy (non-hydrogen) atoms. The smallest absolute Gasteiger partial charge is 0.249 e. The van der Waals surface area contributed by atoms with Crippen molar-refractivity contribution in [3.63, 3.8) is 0 Å². The third-order valence-corrected chi connectivity index (χ3v) is 1.85. The highest BCUT2D eigenvalue weighted by Crippen LogP contribution is 2.07. The predicted octanol–water partition coefficient (Wildman–Crippen LogP) is -0.362. The Labute approximate surface area is 69.5 Å². The van der Waals surface area contributed by atoms with Gasteiger partial charge in [0, 0.05) is 6.92 Å². The first-order valence-electron chi connectivity index (χ1n) is 3.18. The Morgan fingerprint density at radius 2 is 2.27 bits per heavy atom. The van der Waals surface area contributed by atoms with Crippen molar-refractivity contribution in [2.75, 3.05) is 0 Å². The van der Waals surface area contributed by atoms with E-state index in [-0.39, 0.29) is 16.9 Å². The van der Waals surface area contributed by atoms with Crippen LogP contribution in [0.25, 0.3) is 0 Å². The Morgan fingerprint density at radius 3 is 2.45 bits per heavy atom. The van der Waals surface area contributed by atoms with Crippen LogP contribution >= 0.6 is 12.2 Å². The zero-order valence-electron chi connectivity index (χ0n) is 6.25. The van der Waals surface area contributed by atoms with E-state index in [4.69, 9.17) is 12.2 Å². The third-order valence-electron chi connectivity index (χ3n) is 1.55. The second-order valence-electron chi connectivity index (χ2n) is 2.36. The van der Waals surface area contributed by atoms with Crippen molar-refractivity contribution >= 4 is 29.1 Å². The second-order valence-corrected chi connectivity index (χ2v) is 2.75. The maximum Gasteiger partial charge on any atom is 0.249 e. The highest BCUT2D eigenvalue weighted by molar-refractivity contribution is 7.80. The molecule has 0 bridgehead atoms. The van der Waals surface area contributed by atoms with Crippen LogP contribution in [0.3, 0.4) is 0 Å². The highest BCUT2D eigenvalue weighted by Gasteiger charge is 2.34. The van der Waals surface area contributed by atoms with Crippen LogP contribution in [0.4, 0.5) is 0 Å². The molecule has 2 amide bonds. The van der Waals surface area contributed by atoms with Gasteiger partial charge in [-0.2, -0.15) is 0 Å². The molecule has 0 radical (unpaired) electrons. The fourth-order valence-corrected chi connectivity index (χ4v) is 1.37. The number of nitrogens with one attached hydrogen (secondary N) is 1. The number of nitrogens with zero attached hydrogens (tertiary/aromatic N) is 1. The number of hydrogen-bond donors (Lipinski definition) is 1. The van der Waals surface area contributed by atoms with E-state index in [0.717, 1.165) is 0 Å². The lowest BCUT2D eigenvalue weighted by atomic mass is 10.3. The molecule has 1 aliphatic heterocycles. The van der Waals surface area contributed by atoms with Crippen LogP contribution in [0.5, 0.6) is 0 Å². The number of hydrogen-bond acceptors (Lipinski definition) is 3. The summed E-state index contributed by atoms with van der Waals surface area (Å²) in [7, 11) is 0. The van der Waals surface area contributed by atoms with Crippen molar-refractivity contribution in [3.05, 3.63) is 0 Å². The molecule has 1 heterocycles. The molecule has 1 rings (SSSR count). The molecule has 1 saturated heterocycles. The molecule has 0 aliphatic carbocycles. The first kappa shape index (κ1) is 8.13. The minimum atomic E-state index is -0.458. The summed E-state index contributed by atoms with van der Waals surface area (Å²) in [6.07, 6.45) is 0. The van der Waals surface area contributed by atoms with Crippen molar-refractivity contribution in [3.8, 4) is 0 Å². The molecule has 4 nitrogen and oxygen atoms in total. The second kappa shape index (κ2) is 2.58. The van der Waals surface area contributed by atoms with E-state index in [9.17, 15) is 9.59 Å². The van der Waals surface area contributed by atoms with Gasteiger partial charge in [-0.3, -0.25) is 14.5 Å². The summed E-state index contributed by atoms with van der Waals surface area (Å²) in [5.74, 6) is -0.425. The summed E-state index contributed by atoms with van der Waals surface area (Å²) in [4.78, 5) is 23.0. The first-order chi connectivity index (χ1) is 5.04. The fraction of sp³-hybridized carbons (Fsp3) is 0.500. The lowest BCUT2D eigenvalue weighted by Crippen LogP contribution is -2.36. The largest absolute Gasteiger partial charge is 0.301 e. The molecule has 1 fully saturated rings. The number of carbonyl (C=O) groups is 2. The SMILES string of the molecule is CC(=O)N1C(=S)NC(=O)C1C. The van der Waals surface area contributed by atoms with Gasteiger partial charge in [0.15, 0.2) is 5.11 Å². The minimum Gasteiger partial charge on any atom is -0.301 e. The van der Waals surface area contributed by atoms with Gasteiger partial charge in [-0.15, -0.1) is 0 Å². The Bertz CT molecular complexity index is 239. The summed E-state index contributed by atoms with van der Waals surface area (Å²) in [5, 5.41) is 2.60. The maximum absolute atomic E-state index is 10.9. The van der Waals surface area contributed by atoms with Crippen LogP contribution in [-0.2, 0) is 9.59 Å². The Morgan fingerprint density at radius 1 is 1.73 bits per heavy atom. The molecule has 1 N–H and O–H groups in total. The number of rotatable bonds is 0. The lowest BCUT2D eigenvalue weighted by molar-refractivity contribution is -0.130. The molecule has 0 saturated carbocycles. The fourth-order valence-electron chi connectivity index (χ4n) is 0.979. The lowest BCUT2D eigenvalue weighted by Gasteiger charge is -2.14. The van der Waals surface area contributed by atoms with Gasteiger partial charge in [0.2, 0.25) is 11.8 Å². The maximum atomic E-state index is 10.9. The highest BCUT2D eigenvalue weighted by atomic mass is 32.1. The van der Waals surface area contributed by atoms with Crippen molar-refractivity contribution in [2.24, 2.45) is 0 Å². The van der Waals surface area contributed by atoms with E-state index in [0.29, 0.717) is 0 Å². The monoisotopic (exact) mass is 172 g/mol. The summed E-state index contributed by atoms with van der Waals surface area (Å²) in [6.45, 7) is 3.01. The number of amides is 2. The van der Waals surface area contributed by atoms with Crippen molar-refractivity contribution < 1.29 is 9.59 Å². The molecular weight excluding hydrogens is 164 g/mol. The first-order valence-corrected chi connectivity index (χ1v) is 3.59. The molecule has 0 aromatic rings. The van der Waals surface area contributed by atoms with Crippen molar-refractivity contribution in [1.82, 2.24) is 10.2 Å². The zero-order chi connectivity index (χ0) is 8.59. The Hall–Kier alpha value is -0.970. The average Bonchev–Trinajstić information content (AvgIpc) is 2.07. The van der Waals surface area contributed by atoms with Crippen LogP contribution < -0.4 is 5.32 Å². The van der Waals surface area contributed by atoms with Crippen LogP contribution in [0.15, 0.2) is 0 Å². The van der Waals surface area contributed by atoms with Gasteiger partial charge in [-0.1, -0.05) is 0 Å². The van der Waals surface area contributed by atoms with Gasteiger partial charge in [0.05, 0.1) is 0 Å². The number of thiocarbonyl (C=S) groups is 1. The molecule has 1 unspecified atom stereocenters. The zero-order valence-corrected chi connectivity index (χ0v) is 7.07. The van der Waals surface area contributed by atoms with Crippen LogP contribution in [-0.4, -0.2) is 27.9 Å². The molecule has 0 spiro atoms. The molecule has 1 atom stereocenters. The molecule has 5 heteroatoms. The molecule has 0 aromatic heterocycles. The van der Waals surface area contributed by atoms with Gasteiger partial charge in [0.1, 0.15) is 6.04 Å².